The van der Waals surface area contributed by atoms with E-state index in [1.54, 1.807) is 20.8 Å². The summed E-state index contributed by atoms with van der Waals surface area (Å²) >= 11 is 0. The molecule has 0 aliphatic rings. The van der Waals surface area contributed by atoms with Crippen LogP contribution in [0.25, 0.3) is 0 Å². The van der Waals surface area contributed by atoms with E-state index in [-0.39, 0.29) is 18.7 Å². The molecule has 0 heterocycles. The first-order valence-corrected chi connectivity index (χ1v) is 7.44. The van der Waals surface area contributed by atoms with Gasteiger partial charge in [-0.1, -0.05) is 0 Å². The zero-order valence-electron chi connectivity index (χ0n) is 14.2. The monoisotopic (exact) mass is 358 g/mol. The molecule has 0 saturated heterocycles. The summed E-state index contributed by atoms with van der Waals surface area (Å²) in [6.07, 6.45) is -0.825. The average Bonchev–Trinajstić information content (AvgIpc) is 2.47. The van der Waals surface area contributed by atoms with Gasteiger partial charge in [0.15, 0.2) is 18.2 Å². The second-order valence-corrected chi connectivity index (χ2v) is 6.02. The van der Waals surface area contributed by atoms with E-state index in [2.05, 4.69) is 10.6 Å². The lowest BCUT2D eigenvalue weighted by Crippen LogP contribution is -2.34. The maximum Gasteiger partial charge on any atom is 0.407 e. The fourth-order valence-corrected chi connectivity index (χ4v) is 1.57. The molecule has 7 nitrogen and oxygen atoms in total. The summed E-state index contributed by atoms with van der Waals surface area (Å²) in [5.41, 5.74) is -0.616. The number of alkyl carbamates (subject to hydrolysis) is 1. The van der Waals surface area contributed by atoms with Crippen LogP contribution in [0, 0.1) is 11.6 Å². The van der Waals surface area contributed by atoms with Crippen molar-refractivity contribution in [3.8, 4) is 0 Å². The molecule has 0 bridgehead atoms. The molecule has 2 N–H and O–H groups in total. The quantitative estimate of drug-likeness (QED) is 0.762. The molecule has 0 saturated carbocycles. The van der Waals surface area contributed by atoms with Gasteiger partial charge < -0.3 is 20.1 Å². The number of nitrogens with one attached hydrogen (secondary N) is 2. The van der Waals surface area contributed by atoms with Crippen LogP contribution in [-0.4, -0.2) is 36.7 Å². The summed E-state index contributed by atoms with van der Waals surface area (Å²) in [5, 5.41) is 4.62. The second-order valence-electron chi connectivity index (χ2n) is 6.02. The molecule has 0 atom stereocenters. The van der Waals surface area contributed by atoms with Gasteiger partial charge in [-0.2, -0.15) is 0 Å². The molecule has 0 spiro atoms. The molecule has 1 aromatic rings. The molecule has 1 rings (SSSR count). The Balaban J connectivity index is 2.26. The lowest BCUT2D eigenvalue weighted by atomic mass is 10.2. The van der Waals surface area contributed by atoms with Gasteiger partial charge in [-0.25, -0.2) is 13.6 Å². The van der Waals surface area contributed by atoms with E-state index in [1.165, 1.54) is 6.07 Å². The summed E-state index contributed by atoms with van der Waals surface area (Å²) in [6.45, 7) is 4.49. The Kier molecular flexibility index (Phi) is 7.28. The van der Waals surface area contributed by atoms with Gasteiger partial charge in [0.25, 0.3) is 5.91 Å². The van der Waals surface area contributed by atoms with Crippen molar-refractivity contribution in [1.29, 1.82) is 0 Å². The topological polar surface area (TPSA) is 93.7 Å². The lowest BCUT2D eigenvalue weighted by Gasteiger charge is -2.19. The third-order valence-corrected chi connectivity index (χ3v) is 2.56. The van der Waals surface area contributed by atoms with Gasteiger partial charge in [0.05, 0.1) is 6.42 Å². The Hall–Kier alpha value is -2.71. The van der Waals surface area contributed by atoms with Gasteiger partial charge in [0.2, 0.25) is 0 Å². The number of anilines is 1. The van der Waals surface area contributed by atoms with Crippen LogP contribution in [-0.2, 0) is 19.1 Å². The highest BCUT2D eigenvalue weighted by Gasteiger charge is 2.16. The summed E-state index contributed by atoms with van der Waals surface area (Å²) in [5.74, 6) is -3.57. The zero-order valence-corrected chi connectivity index (χ0v) is 14.2. The number of amides is 2. The Morgan fingerprint density at radius 1 is 1.12 bits per heavy atom. The summed E-state index contributed by atoms with van der Waals surface area (Å²) in [4.78, 5) is 34.4. The molecule has 0 fully saturated rings. The number of carbonyl (C=O) groups excluding carboxylic acids is 3. The van der Waals surface area contributed by atoms with E-state index in [0.29, 0.717) is 0 Å². The Morgan fingerprint density at radius 2 is 1.80 bits per heavy atom. The van der Waals surface area contributed by atoms with Crippen LogP contribution in [0.1, 0.15) is 27.2 Å². The number of halogens is 2. The molecular weight excluding hydrogens is 338 g/mol. The van der Waals surface area contributed by atoms with Gasteiger partial charge in [0, 0.05) is 18.3 Å². The minimum absolute atomic E-state index is 0.0153. The van der Waals surface area contributed by atoms with Gasteiger partial charge in [-0.15, -0.1) is 0 Å². The minimum atomic E-state index is -1.11. The minimum Gasteiger partial charge on any atom is -0.456 e. The van der Waals surface area contributed by atoms with Crippen LogP contribution in [0.5, 0.6) is 0 Å². The predicted molar refractivity (Wildman–Crippen MR) is 84.8 cm³/mol. The molecule has 0 aromatic heterocycles. The Bertz CT molecular complexity index is 644. The zero-order chi connectivity index (χ0) is 19.0. The summed E-state index contributed by atoms with van der Waals surface area (Å²) < 4.78 is 35.4. The fraction of sp³-hybridized carbons (Fsp3) is 0.438. The Labute approximate surface area is 143 Å². The molecule has 0 radical (unpaired) electrons. The fourth-order valence-electron chi connectivity index (χ4n) is 1.57. The third-order valence-electron chi connectivity index (χ3n) is 2.56. The predicted octanol–water partition coefficient (Wildman–Crippen LogP) is 2.36. The first-order valence-electron chi connectivity index (χ1n) is 7.44. The van der Waals surface area contributed by atoms with Crippen molar-refractivity contribution >= 4 is 23.7 Å². The third kappa shape index (κ3) is 8.63. The van der Waals surface area contributed by atoms with Crippen LogP contribution < -0.4 is 10.6 Å². The molecule has 1 aromatic carbocycles. The van der Waals surface area contributed by atoms with Crippen molar-refractivity contribution in [1.82, 2.24) is 5.32 Å². The highest BCUT2D eigenvalue weighted by molar-refractivity contribution is 5.92. The maximum atomic E-state index is 13.0. The molecular formula is C16H20F2N2O5. The van der Waals surface area contributed by atoms with Crippen molar-refractivity contribution in [3.05, 3.63) is 29.8 Å². The number of hydrogen-bond acceptors (Lipinski definition) is 5. The van der Waals surface area contributed by atoms with Gasteiger partial charge in [0.1, 0.15) is 5.60 Å². The summed E-state index contributed by atoms with van der Waals surface area (Å²) in [6, 6.07) is 2.84. The van der Waals surface area contributed by atoms with Crippen molar-refractivity contribution in [2.45, 2.75) is 32.8 Å². The number of hydrogen-bond donors (Lipinski definition) is 2. The van der Waals surface area contributed by atoms with E-state index >= 15 is 0 Å². The van der Waals surface area contributed by atoms with E-state index in [1.807, 2.05) is 0 Å². The molecule has 0 aliphatic carbocycles. The average molecular weight is 358 g/mol. The standard InChI is InChI=1S/C16H20F2N2O5/c1-16(2,3)25-15(23)19-7-6-14(22)24-9-13(21)20-10-4-5-11(17)12(18)8-10/h4-5,8H,6-7,9H2,1-3H3,(H,19,23)(H,20,21). The number of rotatable bonds is 6. The largest absolute Gasteiger partial charge is 0.456 e. The molecule has 0 unspecified atom stereocenters. The van der Waals surface area contributed by atoms with Crippen LogP contribution in [0.3, 0.4) is 0 Å². The SMILES string of the molecule is CC(C)(C)OC(=O)NCCC(=O)OCC(=O)Nc1ccc(F)c(F)c1. The molecule has 25 heavy (non-hydrogen) atoms. The van der Waals surface area contributed by atoms with E-state index in [0.717, 1.165) is 12.1 Å². The van der Waals surface area contributed by atoms with Crippen molar-refractivity contribution in [2.75, 3.05) is 18.5 Å². The number of ether oxygens (including phenoxy) is 2. The van der Waals surface area contributed by atoms with Crippen molar-refractivity contribution in [2.24, 2.45) is 0 Å². The van der Waals surface area contributed by atoms with Crippen molar-refractivity contribution < 1.29 is 32.6 Å². The lowest BCUT2D eigenvalue weighted by molar-refractivity contribution is -0.147. The first kappa shape index (κ1) is 20.3. The van der Waals surface area contributed by atoms with Crippen LogP contribution in [0.2, 0.25) is 0 Å². The summed E-state index contributed by atoms with van der Waals surface area (Å²) in [7, 11) is 0. The number of benzene rings is 1. The van der Waals surface area contributed by atoms with E-state index < -0.39 is 41.8 Å². The highest BCUT2D eigenvalue weighted by Crippen LogP contribution is 2.12. The molecule has 138 valence electrons. The van der Waals surface area contributed by atoms with Gasteiger partial charge in [-0.05, 0) is 32.9 Å². The molecule has 2 amide bonds. The Morgan fingerprint density at radius 3 is 2.40 bits per heavy atom. The van der Waals surface area contributed by atoms with Gasteiger partial charge >= 0.3 is 12.1 Å². The highest BCUT2D eigenvalue weighted by atomic mass is 19.2. The smallest absolute Gasteiger partial charge is 0.407 e. The molecule has 0 aliphatic heterocycles. The van der Waals surface area contributed by atoms with E-state index in [4.69, 9.17) is 9.47 Å². The van der Waals surface area contributed by atoms with Gasteiger partial charge in [-0.3, -0.25) is 9.59 Å². The van der Waals surface area contributed by atoms with Crippen LogP contribution in [0.15, 0.2) is 18.2 Å². The first-order chi connectivity index (χ1) is 11.6. The maximum absolute atomic E-state index is 13.0. The van der Waals surface area contributed by atoms with Crippen LogP contribution in [0.4, 0.5) is 19.3 Å². The van der Waals surface area contributed by atoms with Crippen LogP contribution >= 0.6 is 0 Å². The molecule has 9 heteroatoms. The van der Waals surface area contributed by atoms with E-state index in [9.17, 15) is 23.2 Å². The normalized spacial score (nSPS) is 10.8. The number of esters is 1. The number of carbonyl (C=O) groups is 3. The second kappa shape index (κ2) is 8.95. The van der Waals surface area contributed by atoms with Crippen molar-refractivity contribution in [3.63, 3.8) is 0 Å².